The minimum Gasteiger partial charge on any atom is -0.227 e. The summed E-state index contributed by atoms with van der Waals surface area (Å²) in [6.45, 7) is 2.30. The fraction of sp³-hybridized carbons (Fsp3) is 1.00. The van der Waals surface area contributed by atoms with E-state index in [1.54, 1.807) is 18.6 Å². The van der Waals surface area contributed by atoms with E-state index in [-0.39, 0.29) is 0 Å². The van der Waals surface area contributed by atoms with Crippen LogP contribution in [0.1, 0.15) is 32.6 Å². The molecule has 0 saturated carbocycles. The number of unbranched alkanes of at least 4 members (excludes halogenated alkanes) is 2. The maximum absolute atomic E-state index is 2.30. The molecule has 1 spiro atoms. The average Bonchev–Trinajstić information content (AvgIpc) is 2.74. The first-order valence-electron chi connectivity index (χ1n) is 4.69. The normalized spacial score (nSPS) is 65.5. The van der Waals surface area contributed by atoms with E-state index in [1.807, 2.05) is 0 Å². The Balaban J connectivity index is 1.40. The molecule has 0 aromatic rings. The molecule has 3 rings (SSSR count). The molecular formula is C9H16S. The number of hydrogen-bond acceptors (Lipinski definition) is 0. The van der Waals surface area contributed by atoms with E-state index in [4.69, 9.17) is 0 Å². The molecular weight excluding hydrogens is 140 g/mol. The standard InChI is InChI=1S/C9H16S/c1-2-3-4-5-7-9-8-6-10(7,8)9/h7-9H,2-6H2,1H3. The molecule has 0 radical (unpaired) electrons. The summed E-state index contributed by atoms with van der Waals surface area (Å²) in [6.07, 6.45) is 6.05. The lowest BCUT2D eigenvalue weighted by Crippen LogP contribution is -1.99. The lowest BCUT2D eigenvalue weighted by Gasteiger charge is -2.00. The highest BCUT2D eigenvalue weighted by molar-refractivity contribution is 8.54. The van der Waals surface area contributed by atoms with E-state index < -0.39 is 0 Å². The van der Waals surface area contributed by atoms with Crippen LogP contribution < -0.4 is 0 Å². The Bertz CT molecular complexity index is 178. The molecule has 0 amide bonds. The molecule has 0 aliphatic carbocycles. The molecule has 0 bridgehead atoms. The zero-order chi connectivity index (χ0) is 6.77. The fourth-order valence-electron chi connectivity index (χ4n) is 2.71. The predicted molar refractivity (Wildman–Crippen MR) is 48.0 cm³/mol. The summed E-state index contributed by atoms with van der Waals surface area (Å²) in [4.78, 5) is 0. The van der Waals surface area contributed by atoms with Gasteiger partial charge in [-0.3, -0.25) is 0 Å². The van der Waals surface area contributed by atoms with Crippen LogP contribution >= 0.6 is 10.0 Å². The Kier molecular flexibility index (Phi) is 0.934. The van der Waals surface area contributed by atoms with Crippen LogP contribution in [-0.4, -0.2) is 21.5 Å². The predicted octanol–water partition coefficient (Wildman–Crippen LogP) is 2.52. The molecule has 0 aromatic carbocycles. The third kappa shape index (κ3) is 0.490. The Morgan fingerprint density at radius 3 is 2.70 bits per heavy atom. The van der Waals surface area contributed by atoms with Crippen molar-refractivity contribution < 1.29 is 0 Å². The summed E-state index contributed by atoms with van der Waals surface area (Å²) >= 11 is 0. The lowest BCUT2D eigenvalue weighted by atomic mass is 10.1. The van der Waals surface area contributed by atoms with Gasteiger partial charge in [0.2, 0.25) is 0 Å². The van der Waals surface area contributed by atoms with Gasteiger partial charge in [-0.2, -0.15) is 0 Å². The fourth-order valence-corrected chi connectivity index (χ4v) is 8.05. The van der Waals surface area contributed by atoms with Crippen LogP contribution in [0.15, 0.2) is 0 Å². The van der Waals surface area contributed by atoms with Crippen LogP contribution in [0.5, 0.6) is 0 Å². The summed E-state index contributed by atoms with van der Waals surface area (Å²) in [5.74, 6) is 1.72. The lowest BCUT2D eigenvalue weighted by molar-refractivity contribution is 0.660. The number of fused-ring (bicyclic) bond motifs is 1. The Hall–Kier alpha value is 0.350. The van der Waals surface area contributed by atoms with Crippen LogP contribution in [0.4, 0.5) is 0 Å². The Morgan fingerprint density at radius 2 is 2.20 bits per heavy atom. The Morgan fingerprint density at radius 1 is 1.40 bits per heavy atom. The van der Waals surface area contributed by atoms with Gasteiger partial charge in [0.15, 0.2) is 0 Å². The molecule has 1 heteroatoms. The van der Waals surface area contributed by atoms with Crippen LogP contribution in [0, 0.1) is 0 Å². The highest BCUT2D eigenvalue weighted by Crippen LogP contribution is 3.09. The minimum absolute atomic E-state index is 0.295. The minimum atomic E-state index is 0.295. The van der Waals surface area contributed by atoms with Gasteiger partial charge in [-0.05, 0) is 12.2 Å². The van der Waals surface area contributed by atoms with E-state index >= 15 is 0 Å². The largest absolute Gasteiger partial charge is 0.227 e. The molecule has 10 heavy (non-hydrogen) atoms. The van der Waals surface area contributed by atoms with Gasteiger partial charge in [-0.1, -0.05) is 26.2 Å². The number of rotatable bonds is 4. The molecule has 3 fully saturated rings. The smallest absolute Gasteiger partial charge is 0.0112 e. The summed E-state index contributed by atoms with van der Waals surface area (Å²) in [6, 6.07) is 0. The zero-order valence-electron chi connectivity index (χ0n) is 6.68. The topological polar surface area (TPSA) is 0 Å². The quantitative estimate of drug-likeness (QED) is 0.433. The van der Waals surface area contributed by atoms with Gasteiger partial charge in [0.05, 0.1) is 0 Å². The molecule has 0 nitrogen and oxygen atoms in total. The van der Waals surface area contributed by atoms with Crippen molar-refractivity contribution in [2.75, 3.05) is 5.75 Å². The van der Waals surface area contributed by atoms with Crippen molar-refractivity contribution in [1.29, 1.82) is 0 Å². The third-order valence-corrected chi connectivity index (χ3v) is 8.44. The van der Waals surface area contributed by atoms with Crippen molar-refractivity contribution in [3.05, 3.63) is 0 Å². The molecule has 3 saturated heterocycles. The van der Waals surface area contributed by atoms with Crippen LogP contribution in [0.3, 0.4) is 0 Å². The molecule has 58 valence electrons. The van der Waals surface area contributed by atoms with Gasteiger partial charge >= 0.3 is 0 Å². The molecule has 3 aliphatic heterocycles. The van der Waals surface area contributed by atoms with E-state index in [0.717, 1.165) is 0 Å². The first-order chi connectivity index (χ1) is 4.91. The summed E-state index contributed by atoms with van der Waals surface area (Å²) in [5.41, 5.74) is 0. The summed E-state index contributed by atoms with van der Waals surface area (Å²) < 4.78 is 0. The third-order valence-electron chi connectivity index (χ3n) is 3.64. The van der Waals surface area contributed by atoms with E-state index in [9.17, 15) is 0 Å². The molecule has 4 atom stereocenters. The van der Waals surface area contributed by atoms with Gasteiger partial charge in [0, 0.05) is 15.7 Å². The summed E-state index contributed by atoms with van der Waals surface area (Å²) in [5, 5.41) is 4.05. The maximum Gasteiger partial charge on any atom is 0.0112 e. The number of hydrogen-bond donors (Lipinski definition) is 0. The highest BCUT2D eigenvalue weighted by Gasteiger charge is 2.93. The SMILES string of the molecule is CCCCCC1C2C3CS132. The van der Waals surface area contributed by atoms with Crippen molar-refractivity contribution in [3.8, 4) is 0 Å². The van der Waals surface area contributed by atoms with E-state index in [0.29, 0.717) is 10.0 Å². The second-order valence-corrected chi connectivity index (χ2v) is 8.02. The second-order valence-electron chi connectivity index (χ2n) is 4.11. The van der Waals surface area contributed by atoms with Gasteiger partial charge in [-0.15, -0.1) is 0 Å². The molecule has 4 unspecified atom stereocenters. The monoisotopic (exact) mass is 156 g/mol. The summed E-state index contributed by atoms with van der Waals surface area (Å²) in [7, 11) is 0.295. The average molecular weight is 156 g/mol. The van der Waals surface area contributed by atoms with Gasteiger partial charge in [-0.25, -0.2) is 10.0 Å². The molecule has 0 aromatic heterocycles. The van der Waals surface area contributed by atoms with Crippen molar-refractivity contribution >= 4 is 10.0 Å². The van der Waals surface area contributed by atoms with Crippen LogP contribution in [0.2, 0.25) is 0 Å². The molecule has 3 heterocycles. The van der Waals surface area contributed by atoms with Crippen LogP contribution in [0.25, 0.3) is 0 Å². The van der Waals surface area contributed by atoms with Crippen LogP contribution in [-0.2, 0) is 0 Å². The van der Waals surface area contributed by atoms with E-state index in [2.05, 4.69) is 6.92 Å². The van der Waals surface area contributed by atoms with E-state index in [1.165, 1.54) is 28.6 Å². The van der Waals surface area contributed by atoms with Crippen molar-refractivity contribution in [2.24, 2.45) is 0 Å². The molecule has 3 aliphatic rings. The Labute approximate surface area is 64.7 Å². The van der Waals surface area contributed by atoms with Gasteiger partial charge < -0.3 is 0 Å². The van der Waals surface area contributed by atoms with Crippen molar-refractivity contribution in [2.45, 2.75) is 48.4 Å². The van der Waals surface area contributed by atoms with Crippen molar-refractivity contribution in [1.82, 2.24) is 0 Å². The van der Waals surface area contributed by atoms with Gasteiger partial charge in [0.1, 0.15) is 0 Å². The highest BCUT2D eigenvalue weighted by atomic mass is 32.3. The first-order valence-corrected chi connectivity index (χ1v) is 6.68. The van der Waals surface area contributed by atoms with Crippen molar-refractivity contribution in [3.63, 3.8) is 0 Å². The first kappa shape index (κ1) is 5.93. The second kappa shape index (κ2) is 1.57. The van der Waals surface area contributed by atoms with Gasteiger partial charge in [0.25, 0.3) is 0 Å². The maximum atomic E-state index is 2.30. The zero-order valence-corrected chi connectivity index (χ0v) is 7.49. The molecule has 0 N–H and O–H groups in total.